The van der Waals surface area contributed by atoms with Crippen LogP contribution in [0.3, 0.4) is 0 Å². The second kappa shape index (κ2) is 9.62. The van der Waals surface area contributed by atoms with E-state index in [0.717, 1.165) is 18.7 Å². The van der Waals surface area contributed by atoms with Crippen LogP contribution < -0.4 is 10.9 Å². The van der Waals surface area contributed by atoms with Crippen LogP contribution in [0.25, 0.3) is 10.9 Å². The average Bonchev–Trinajstić information content (AvgIpc) is 2.74. The number of aryl methyl sites for hydroxylation is 1. The Morgan fingerprint density at radius 2 is 2.07 bits per heavy atom. The number of para-hydroxylation sites is 1. The molecule has 8 heteroatoms. The van der Waals surface area contributed by atoms with Crippen molar-refractivity contribution in [2.24, 2.45) is 0 Å². The number of aromatic amines is 1. The quantitative estimate of drug-likeness (QED) is 0.669. The van der Waals surface area contributed by atoms with Gasteiger partial charge in [0.25, 0.3) is 5.56 Å². The van der Waals surface area contributed by atoms with Crippen molar-refractivity contribution in [3.63, 3.8) is 0 Å². The number of nitrogens with one attached hydrogen (secondary N) is 2. The molecule has 1 fully saturated rings. The average molecular weight is 414 g/mol. The summed E-state index contributed by atoms with van der Waals surface area (Å²) < 4.78 is 0. The van der Waals surface area contributed by atoms with Crippen LogP contribution in [0.2, 0.25) is 0 Å². The number of carbonyl (C=O) groups is 1. The van der Waals surface area contributed by atoms with Crippen molar-refractivity contribution in [2.45, 2.75) is 25.3 Å². The number of pyridine rings is 1. The molecule has 0 bridgehead atoms. The van der Waals surface area contributed by atoms with Crippen molar-refractivity contribution in [3.8, 4) is 0 Å². The van der Waals surface area contributed by atoms with Crippen LogP contribution in [-0.2, 0) is 11.2 Å². The number of hydrogen-bond donors (Lipinski definition) is 2. The lowest BCUT2D eigenvalue weighted by Crippen LogP contribution is -2.48. The van der Waals surface area contributed by atoms with Gasteiger partial charge in [-0.1, -0.05) is 18.2 Å². The van der Waals surface area contributed by atoms with Crippen LogP contribution >= 0.6 is 12.4 Å². The summed E-state index contributed by atoms with van der Waals surface area (Å²) in [5, 5.41) is 3.94. The third-order valence-electron chi connectivity index (χ3n) is 5.10. The summed E-state index contributed by atoms with van der Waals surface area (Å²) in [6, 6.07) is 11.2. The number of nitrogens with zero attached hydrogens (tertiary/aromatic N) is 3. The summed E-state index contributed by atoms with van der Waals surface area (Å²) in [7, 11) is 0. The topological polar surface area (TPSA) is 91.0 Å². The lowest BCUT2D eigenvalue weighted by Gasteiger charge is -2.36. The van der Waals surface area contributed by atoms with Gasteiger partial charge in [0.1, 0.15) is 5.82 Å². The highest BCUT2D eigenvalue weighted by Crippen LogP contribution is 2.22. The number of amides is 1. The fraction of sp³-hybridized carbons (Fsp3) is 0.333. The van der Waals surface area contributed by atoms with E-state index in [4.69, 9.17) is 0 Å². The zero-order chi connectivity index (χ0) is 19.3. The molecule has 1 saturated heterocycles. The predicted molar refractivity (Wildman–Crippen MR) is 114 cm³/mol. The first-order valence-corrected chi connectivity index (χ1v) is 9.60. The van der Waals surface area contributed by atoms with E-state index >= 15 is 0 Å². The highest BCUT2D eigenvalue weighted by Gasteiger charge is 2.27. The van der Waals surface area contributed by atoms with Crippen molar-refractivity contribution in [2.75, 3.05) is 19.6 Å². The number of rotatable bonds is 5. The lowest BCUT2D eigenvalue weighted by atomic mass is 10.0. The Hall–Kier alpha value is -2.77. The zero-order valence-corrected chi connectivity index (χ0v) is 16.8. The van der Waals surface area contributed by atoms with Crippen molar-refractivity contribution >= 4 is 29.2 Å². The number of carbonyl (C=O) groups excluding carboxylic acids is 1. The Labute approximate surface area is 175 Å². The van der Waals surface area contributed by atoms with Gasteiger partial charge in [0, 0.05) is 44.9 Å². The maximum atomic E-state index is 12.8. The summed E-state index contributed by atoms with van der Waals surface area (Å²) in [5.74, 6) is 0.749. The van der Waals surface area contributed by atoms with Crippen LogP contribution in [0.5, 0.6) is 0 Å². The minimum atomic E-state index is -0.134. The zero-order valence-electron chi connectivity index (χ0n) is 16.0. The van der Waals surface area contributed by atoms with E-state index in [0.29, 0.717) is 42.5 Å². The number of piperazine rings is 1. The van der Waals surface area contributed by atoms with E-state index in [1.54, 1.807) is 12.3 Å². The summed E-state index contributed by atoms with van der Waals surface area (Å²) in [5.41, 5.74) is 1.60. The SMILES string of the molecule is Cl.O=C(CCCc1nc2ccccc2c(=O)[nH]1)N1CCNCC1c1cccnc1. The number of aromatic nitrogens is 3. The second-order valence-electron chi connectivity index (χ2n) is 6.98. The Bertz CT molecular complexity index is 1020. The third kappa shape index (κ3) is 4.81. The maximum Gasteiger partial charge on any atom is 0.258 e. The van der Waals surface area contributed by atoms with Crippen molar-refractivity contribution in [3.05, 3.63) is 70.5 Å². The van der Waals surface area contributed by atoms with Gasteiger partial charge in [-0.2, -0.15) is 0 Å². The van der Waals surface area contributed by atoms with Gasteiger partial charge < -0.3 is 15.2 Å². The molecule has 7 nitrogen and oxygen atoms in total. The first-order chi connectivity index (χ1) is 13.7. The normalized spacial score (nSPS) is 16.4. The molecule has 1 unspecified atom stereocenters. The fourth-order valence-corrected chi connectivity index (χ4v) is 3.68. The van der Waals surface area contributed by atoms with E-state index in [9.17, 15) is 9.59 Å². The molecule has 152 valence electrons. The highest BCUT2D eigenvalue weighted by molar-refractivity contribution is 5.85. The molecule has 0 aliphatic carbocycles. The Morgan fingerprint density at radius 3 is 2.90 bits per heavy atom. The van der Waals surface area contributed by atoms with Crippen LogP contribution in [0.15, 0.2) is 53.6 Å². The number of fused-ring (bicyclic) bond motifs is 1. The highest BCUT2D eigenvalue weighted by atomic mass is 35.5. The van der Waals surface area contributed by atoms with Crippen LogP contribution in [0.1, 0.15) is 30.3 Å². The van der Waals surface area contributed by atoms with Gasteiger partial charge in [0.2, 0.25) is 5.91 Å². The van der Waals surface area contributed by atoms with E-state index in [1.165, 1.54) is 0 Å². The Balaban J connectivity index is 0.00000240. The molecule has 0 radical (unpaired) electrons. The van der Waals surface area contributed by atoms with Gasteiger partial charge in [-0.3, -0.25) is 14.6 Å². The van der Waals surface area contributed by atoms with Gasteiger partial charge in [-0.25, -0.2) is 4.98 Å². The fourth-order valence-electron chi connectivity index (χ4n) is 3.68. The van der Waals surface area contributed by atoms with Crippen molar-refractivity contribution in [1.82, 2.24) is 25.2 Å². The van der Waals surface area contributed by atoms with Crippen LogP contribution in [0.4, 0.5) is 0 Å². The van der Waals surface area contributed by atoms with Gasteiger partial charge in [-0.05, 0) is 30.2 Å². The molecule has 3 aromatic rings. The maximum absolute atomic E-state index is 12.8. The number of hydrogen-bond acceptors (Lipinski definition) is 5. The molecule has 3 heterocycles. The smallest absolute Gasteiger partial charge is 0.258 e. The summed E-state index contributed by atoms with van der Waals surface area (Å²) in [6.45, 7) is 2.21. The van der Waals surface area contributed by atoms with Gasteiger partial charge in [0.05, 0.1) is 16.9 Å². The van der Waals surface area contributed by atoms with E-state index in [1.807, 2.05) is 41.4 Å². The first-order valence-electron chi connectivity index (χ1n) is 9.60. The first kappa shape index (κ1) is 21.0. The summed E-state index contributed by atoms with van der Waals surface area (Å²) in [6.07, 6.45) is 5.19. The Kier molecular flexibility index (Phi) is 6.95. The molecule has 1 aliphatic heterocycles. The molecule has 4 rings (SSSR count). The van der Waals surface area contributed by atoms with Crippen LogP contribution in [0, 0.1) is 0 Å². The molecule has 1 aliphatic rings. The molecular weight excluding hydrogens is 390 g/mol. The molecule has 2 aromatic heterocycles. The number of H-pyrrole nitrogens is 1. The third-order valence-corrected chi connectivity index (χ3v) is 5.10. The molecule has 1 aromatic carbocycles. The molecule has 0 spiro atoms. The predicted octanol–water partition coefficient (Wildman–Crippen LogP) is 2.24. The van der Waals surface area contributed by atoms with E-state index in [-0.39, 0.29) is 29.9 Å². The van der Waals surface area contributed by atoms with Gasteiger partial charge in [-0.15, -0.1) is 12.4 Å². The monoisotopic (exact) mass is 413 g/mol. The second-order valence-corrected chi connectivity index (χ2v) is 6.98. The molecule has 1 atom stereocenters. The molecular formula is C21H24ClN5O2. The van der Waals surface area contributed by atoms with Crippen molar-refractivity contribution in [1.29, 1.82) is 0 Å². The summed E-state index contributed by atoms with van der Waals surface area (Å²) >= 11 is 0. The minimum absolute atomic E-state index is 0. The Morgan fingerprint density at radius 1 is 1.21 bits per heavy atom. The lowest BCUT2D eigenvalue weighted by molar-refractivity contribution is -0.134. The van der Waals surface area contributed by atoms with Crippen LogP contribution in [-0.4, -0.2) is 45.4 Å². The summed E-state index contributed by atoms with van der Waals surface area (Å²) in [4.78, 5) is 38.4. The molecule has 2 N–H and O–H groups in total. The van der Waals surface area contributed by atoms with Crippen molar-refractivity contribution < 1.29 is 4.79 Å². The van der Waals surface area contributed by atoms with Gasteiger partial charge >= 0.3 is 0 Å². The minimum Gasteiger partial charge on any atom is -0.333 e. The number of benzene rings is 1. The standard InChI is InChI=1S/C21H23N5O2.ClH/c27-20(26-12-11-23-14-18(26)15-5-4-10-22-13-15)9-3-8-19-24-17-7-2-1-6-16(17)21(28)25-19;/h1-2,4-7,10,13,18,23H,3,8-9,11-12,14H2,(H,24,25,28);1H. The van der Waals surface area contributed by atoms with E-state index < -0.39 is 0 Å². The largest absolute Gasteiger partial charge is 0.333 e. The van der Waals surface area contributed by atoms with Gasteiger partial charge in [0.15, 0.2) is 0 Å². The van der Waals surface area contributed by atoms with E-state index in [2.05, 4.69) is 20.3 Å². The number of halogens is 1. The molecule has 1 amide bonds. The molecule has 29 heavy (non-hydrogen) atoms. The molecule has 0 saturated carbocycles.